The summed E-state index contributed by atoms with van der Waals surface area (Å²) in [6, 6.07) is 0.359. The zero-order valence-electron chi connectivity index (χ0n) is 11.3. The van der Waals surface area contributed by atoms with Crippen LogP contribution in [0.1, 0.15) is 30.4 Å². The van der Waals surface area contributed by atoms with Gasteiger partial charge in [0, 0.05) is 25.2 Å². The van der Waals surface area contributed by atoms with Crippen molar-refractivity contribution >= 4 is 5.91 Å². The molecule has 1 aromatic heterocycles. The number of carbonyl (C=O) groups is 1. The van der Waals surface area contributed by atoms with E-state index in [0.29, 0.717) is 12.5 Å². The molecular weight excluding hydrogens is 230 g/mol. The Bertz CT molecular complexity index is 404. The SMILES string of the molecule is CCCN(C(=O)Cc1c(C)noc1C)C1CNC1. The molecule has 1 aromatic rings. The largest absolute Gasteiger partial charge is 0.361 e. The van der Waals surface area contributed by atoms with Gasteiger partial charge in [0.1, 0.15) is 5.76 Å². The first-order valence-corrected chi connectivity index (χ1v) is 6.55. The average molecular weight is 251 g/mol. The fraction of sp³-hybridized carbons (Fsp3) is 0.692. The van der Waals surface area contributed by atoms with E-state index in [9.17, 15) is 4.79 Å². The van der Waals surface area contributed by atoms with Crippen LogP contribution in [0.5, 0.6) is 0 Å². The number of rotatable bonds is 5. The van der Waals surface area contributed by atoms with E-state index in [-0.39, 0.29) is 5.91 Å². The summed E-state index contributed by atoms with van der Waals surface area (Å²) in [5.74, 6) is 0.932. The molecule has 0 unspecified atom stereocenters. The van der Waals surface area contributed by atoms with Gasteiger partial charge in [-0.1, -0.05) is 12.1 Å². The molecule has 5 nitrogen and oxygen atoms in total. The van der Waals surface area contributed by atoms with Crippen molar-refractivity contribution in [3.8, 4) is 0 Å². The summed E-state index contributed by atoms with van der Waals surface area (Å²) >= 11 is 0. The van der Waals surface area contributed by atoms with Gasteiger partial charge in [-0.05, 0) is 20.3 Å². The fourth-order valence-corrected chi connectivity index (χ4v) is 2.25. The molecule has 0 atom stereocenters. The molecule has 100 valence electrons. The topological polar surface area (TPSA) is 58.4 Å². The van der Waals surface area contributed by atoms with E-state index in [1.54, 1.807) is 0 Å². The molecule has 1 fully saturated rings. The Hall–Kier alpha value is -1.36. The van der Waals surface area contributed by atoms with Crippen LogP contribution in [0.4, 0.5) is 0 Å². The quantitative estimate of drug-likeness (QED) is 0.849. The van der Waals surface area contributed by atoms with Crippen molar-refractivity contribution in [2.75, 3.05) is 19.6 Å². The Balaban J connectivity index is 2.04. The lowest BCUT2D eigenvalue weighted by atomic mass is 10.1. The molecule has 2 heterocycles. The molecule has 1 aliphatic heterocycles. The first-order chi connectivity index (χ1) is 8.63. The monoisotopic (exact) mass is 251 g/mol. The van der Waals surface area contributed by atoms with E-state index >= 15 is 0 Å². The van der Waals surface area contributed by atoms with Crippen molar-refractivity contribution in [2.24, 2.45) is 0 Å². The Morgan fingerprint density at radius 1 is 1.50 bits per heavy atom. The molecule has 0 spiro atoms. The van der Waals surface area contributed by atoms with E-state index in [1.165, 1.54) is 0 Å². The number of amides is 1. The number of aryl methyl sites for hydroxylation is 2. The highest BCUT2D eigenvalue weighted by molar-refractivity contribution is 5.79. The zero-order valence-corrected chi connectivity index (χ0v) is 11.3. The lowest BCUT2D eigenvalue weighted by Crippen LogP contribution is -2.59. The van der Waals surface area contributed by atoms with Crippen LogP contribution >= 0.6 is 0 Å². The Kier molecular flexibility index (Phi) is 4.01. The highest BCUT2D eigenvalue weighted by atomic mass is 16.5. The average Bonchev–Trinajstić information content (AvgIpc) is 2.58. The normalized spacial score (nSPS) is 15.5. The third-order valence-electron chi connectivity index (χ3n) is 3.49. The van der Waals surface area contributed by atoms with Crippen molar-refractivity contribution in [1.82, 2.24) is 15.4 Å². The second-order valence-electron chi connectivity index (χ2n) is 4.88. The van der Waals surface area contributed by atoms with Gasteiger partial charge in [-0.25, -0.2) is 0 Å². The van der Waals surface area contributed by atoms with E-state index < -0.39 is 0 Å². The highest BCUT2D eigenvalue weighted by Crippen LogP contribution is 2.16. The van der Waals surface area contributed by atoms with Gasteiger partial charge in [-0.3, -0.25) is 4.79 Å². The maximum Gasteiger partial charge on any atom is 0.227 e. The molecule has 1 N–H and O–H groups in total. The number of aromatic nitrogens is 1. The third-order valence-corrected chi connectivity index (χ3v) is 3.49. The second-order valence-corrected chi connectivity index (χ2v) is 4.88. The van der Waals surface area contributed by atoms with Crippen LogP contribution in [0, 0.1) is 13.8 Å². The molecule has 2 rings (SSSR count). The standard InChI is InChI=1S/C13H21N3O2/c1-4-5-16(11-7-14-8-11)13(17)6-12-9(2)15-18-10(12)3/h11,14H,4-8H2,1-3H3. The van der Waals surface area contributed by atoms with Gasteiger partial charge in [-0.2, -0.15) is 0 Å². The molecule has 0 radical (unpaired) electrons. The number of nitrogens with zero attached hydrogens (tertiary/aromatic N) is 2. The van der Waals surface area contributed by atoms with E-state index in [1.807, 2.05) is 18.7 Å². The van der Waals surface area contributed by atoms with Crippen molar-refractivity contribution in [1.29, 1.82) is 0 Å². The lowest BCUT2D eigenvalue weighted by molar-refractivity contribution is -0.133. The van der Waals surface area contributed by atoms with Gasteiger partial charge >= 0.3 is 0 Å². The van der Waals surface area contributed by atoms with Gasteiger partial charge in [0.05, 0.1) is 18.2 Å². The first kappa shape index (κ1) is 13.1. The number of hydrogen-bond donors (Lipinski definition) is 1. The van der Waals surface area contributed by atoms with Gasteiger partial charge < -0.3 is 14.7 Å². The van der Waals surface area contributed by atoms with E-state index in [2.05, 4.69) is 17.4 Å². The van der Waals surface area contributed by atoms with Crippen LogP contribution in [0.25, 0.3) is 0 Å². The molecule has 18 heavy (non-hydrogen) atoms. The lowest BCUT2D eigenvalue weighted by Gasteiger charge is -2.38. The predicted molar refractivity (Wildman–Crippen MR) is 68.3 cm³/mol. The minimum absolute atomic E-state index is 0.178. The molecule has 5 heteroatoms. The fourth-order valence-electron chi connectivity index (χ4n) is 2.25. The summed E-state index contributed by atoms with van der Waals surface area (Å²) in [4.78, 5) is 14.4. The minimum Gasteiger partial charge on any atom is -0.361 e. The molecule has 0 aliphatic carbocycles. The van der Waals surface area contributed by atoms with Gasteiger partial charge in [0.2, 0.25) is 5.91 Å². The van der Waals surface area contributed by atoms with Crippen molar-refractivity contribution in [3.63, 3.8) is 0 Å². The Labute approximate surface area is 108 Å². The molecule has 0 saturated carbocycles. The van der Waals surface area contributed by atoms with Crippen LogP contribution in [-0.2, 0) is 11.2 Å². The molecule has 1 saturated heterocycles. The third kappa shape index (κ3) is 2.56. The Morgan fingerprint density at radius 3 is 2.67 bits per heavy atom. The summed E-state index contributed by atoms with van der Waals surface area (Å²) in [5, 5.41) is 7.11. The van der Waals surface area contributed by atoms with Crippen LogP contribution in [0.2, 0.25) is 0 Å². The van der Waals surface area contributed by atoms with Crippen LogP contribution in [-0.4, -0.2) is 41.6 Å². The van der Waals surface area contributed by atoms with Gasteiger partial charge in [-0.15, -0.1) is 0 Å². The van der Waals surface area contributed by atoms with Crippen LogP contribution in [0.15, 0.2) is 4.52 Å². The predicted octanol–water partition coefficient (Wildman–Crippen LogP) is 1.04. The summed E-state index contributed by atoms with van der Waals surface area (Å²) < 4.78 is 5.10. The summed E-state index contributed by atoms with van der Waals surface area (Å²) in [5.41, 5.74) is 1.76. The number of hydrogen-bond acceptors (Lipinski definition) is 4. The second kappa shape index (κ2) is 5.52. The molecular formula is C13H21N3O2. The van der Waals surface area contributed by atoms with Crippen LogP contribution in [0.3, 0.4) is 0 Å². The zero-order chi connectivity index (χ0) is 13.1. The molecule has 1 amide bonds. The summed E-state index contributed by atoms with van der Waals surface area (Å²) in [6.07, 6.45) is 1.39. The number of carbonyl (C=O) groups excluding carboxylic acids is 1. The van der Waals surface area contributed by atoms with Crippen molar-refractivity contribution < 1.29 is 9.32 Å². The first-order valence-electron chi connectivity index (χ1n) is 6.55. The van der Waals surface area contributed by atoms with Gasteiger partial charge in [0.15, 0.2) is 0 Å². The molecule has 0 bridgehead atoms. The highest BCUT2D eigenvalue weighted by Gasteiger charge is 2.28. The van der Waals surface area contributed by atoms with E-state index in [4.69, 9.17) is 4.52 Å². The molecule has 1 aliphatic rings. The molecule has 0 aromatic carbocycles. The smallest absolute Gasteiger partial charge is 0.227 e. The van der Waals surface area contributed by atoms with Gasteiger partial charge in [0.25, 0.3) is 0 Å². The summed E-state index contributed by atoms with van der Waals surface area (Å²) in [7, 11) is 0. The van der Waals surface area contributed by atoms with Crippen molar-refractivity contribution in [3.05, 3.63) is 17.0 Å². The number of nitrogens with one attached hydrogen (secondary N) is 1. The Morgan fingerprint density at radius 2 is 2.22 bits per heavy atom. The van der Waals surface area contributed by atoms with E-state index in [0.717, 1.165) is 43.1 Å². The van der Waals surface area contributed by atoms with Crippen molar-refractivity contribution in [2.45, 2.75) is 39.7 Å². The maximum absolute atomic E-state index is 12.4. The minimum atomic E-state index is 0.178. The van der Waals surface area contributed by atoms with Crippen LogP contribution < -0.4 is 5.32 Å². The maximum atomic E-state index is 12.4. The summed E-state index contributed by atoms with van der Waals surface area (Å²) in [6.45, 7) is 8.49.